The van der Waals surface area contributed by atoms with E-state index in [1.165, 1.54) is 13.8 Å². The number of nitrogens with one attached hydrogen (secondary N) is 2. The van der Waals surface area contributed by atoms with Crippen LogP contribution < -0.4 is 5.32 Å². The van der Waals surface area contributed by atoms with Crippen LogP contribution in [-0.4, -0.2) is 34.8 Å². The first kappa shape index (κ1) is 19.4. The standard InChI is InChI=1S/C22H22N2O4/c1-13-7-6-8-16(11-13)21(26)24-14(2)22(27)28-15(3)20(25)18-12-23-19-10-5-4-9-17(18)19/h4-12,14-15,23H,1-3H3,(H,24,26)/t14-,15-/m0/s1. The van der Waals surface area contributed by atoms with Crippen LogP contribution in [0.25, 0.3) is 10.9 Å². The van der Waals surface area contributed by atoms with E-state index in [1.54, 1.807) is 24.4 Å². The van der Waals surface area contributed by atoms with E-state index < -0.39 is 18.1 Å². The van der Waals surface area contributed by atoms with Gasteiger partial charge in [-0.3, -0.25) is 9.59 Å². The molecular weight excluding hydrogens is 356 g/mol. The SMILES string of the molecule is Cc1cccc(C(=O)N[C@@H](C)C(=O)O[C@@H](C)C(=O)c2c[nH]c3ccccc23)c1. The average Bonchev–Trinajstić information content (AvgIpc) is 3.11. The lowest BCUT2D eigenvalue weighted by atomic mass is 10.1. The number of para-hydroxylation sites is 1. The minimum atomic E-state index is -0.968. The second-order valence-corrected chi connectivity index (χ2v) is 6.76. The van der Waals surface area contributed by atoms with Gasteiger partial charge in [0.1, 0.15) is 6.04 Å². The highest BCUT2D eigenvalue weighted by Gasteiger charge is 2.25. The summed E-state index contributed by atoms with van der Waals surface area (Å²) in [6.45, 7) is 4.93. The van der Waals surface area contributed by atoms with Gasteiger partial charge in [0.2, 0.25) is 5.78 Å². The number of aryl methyl sites for hydroxylation is 1. The Balaban J connectivity index is 1.63. The van der Waals surface area contributed by atoms with Crippen molar-refractivity contribution in [3.05, 3.63) is 71.4 Å². The maximum Gasteiger partial charge on any atom is 0.329 e. The Morgan fingerprint density at radius 2 is 1.79 bits per heavy atom. The number of aromatic amines is 1. The molecule has 6 nitrogen and oxygen atoms in total. The van der Waals surface area contributed by atoms with E-state index in [4.69, 9.17) is 4.74 Å². The first-order chi connectivity index (χ1) is 13.4. The number of ether oxygens (including phenoxy) is 1. The highest BCUT2D eigenvalue weighted by atomic mass is 16.5. The van der Waals surface area contributed by atoms with E-state index in [1.807, 2.05) is 37.3 Å². The summed E-state index contributed by atoms with van der Waals surface area (Å²) < 4.78 is 5.29. The molecule has 3 aromatic rings. The maximum atomic E-state index is 12.7. The smallest absolute Gasteiger partial charge is 0.329 e. The lowest BCUT2D eigenvalue weighted by Gasteiger charge is -2.17. The molecule has 1 aromatic heterocycles. The third-order valence-corrected chi connectivity index (χ3v) is 4.50. The zero-order chi connectivity index (χ0) is 20.3. The molecule has 0 aliphatic heterocycles. The molecule has 28 heavy (non-hydrogen) atoms. The van der Waals surface area contributed by atoms with Gasteiger partial charge in [0.05, 0.1) is 0 Å². The molecule has 0 saturated carbocycles. The number of Topliss-reactive ketones (excluding diaryl/α,β-unsaturated/α-hetero) is 1. The molecule has 0 bridgehead atoms. The molecule has 144 valence electrons. The van der Waals surface area contributed by atoms with Crippen molar-refractivity contribution in [2.24, 2.45) is 0 Å². The fourth-order valence-corrected chi connectivity index (χ4v) is 2.95. The minimum absolute atomic E-state index is 0.303. The molecule has 2 atom stereocenters. The van der Waals surface area contributed by atoms with Crippen molar-refractivity contribution in [3.63, 3.8) is 0 Å². The number of amides is 1. The number of aromatic nitrogens is 1. The molecule has 6 heteroatoms. The summed E-state index contributed by atoms with van der Waals surface area (Å²) in [5, 5.41) is 3.38. The summed E-state index contributed by atoms with van der Waals surface area (Å²) in [4.78, 5) is 40.3. The molecule has 0 aliphatic rings. The van der Waals surface area contributed by atoms with Crippen LogP contribution in [0.15, 0.2) is 54.7 Å². The summed E-state index contributed by atoms with van der Waals surface area (Å²) >= 11 is 0. The molecule has 0 spiro atoms. The Hall–Kier alpha value is -3.41. The van der Waals surface area contributed by atoms with Gasteiger partial charge in [-0.2, -0.15) is 0 Å². The predicted molar refractivity (Wildman–Crippen MR) is 106 cm³/mol. The Labute approximate surface area is 162 Å². The molecule has 2 aromatic carbocycles. The van der Waals surface area contributed by atoms with E-state index in [9.17, 15) is 14.4 Å². The molecule has 0 fully saturated rings. The van der Waals surface area contributed by atoms with E-state index in [0.29, 0.717) is 11.1 Å². The van der Waals surface area contributed by atoms with Gasteiger partial charge in [0.25, 0.3) is 5.91 Å². The van der Waals surface area contributed by atoms with Crippen LogP contribution >= 0.6 is 0 Å². The summed E-state index contributed by atoms with van der Waals surface area (Å²) in [7, 11) is 0. The molecule has 0 unspecified atom stereocenters. The van der Waals surface area contributed by atoms with Crippen LogP contribution in [0.1, 0.15) is 40.1 Å². The number of esters is 1. The van der Waals surface area contributed by atoms with Crippen LogP contribution in [0.2, 0.25) is 0 Å². The average molecular weight is 378 g/mol. The van der Waals surface area contributed by atoms with Crippen molar-refractivity contribution in [3.8, 4) is 0 Å². The Kier molecular flexibility index (Phi) is 5.59. The Morgan fingerprint density at radius 1 is 1.04 bits per heavy atom. The summed E-state index contributed by atoms with van der Waals surface area (Å²) in [6, 6.07) is 13.6. The number of rotatable bonds is 6. The highest BCUT2D eigenvalue weighted by molar-refractivity contribution is 6.10. The Bertz CT molecular complexity index is 1040. The van der Waals surface area contributed by atoms with Gasteiger partial charge in [-0.25, -0.2) is 4.79 Å². The minimum Gasteiger partial charge on any atom is -0.453 e. The predicted octanol–water partition coefficient (Wildman–Crippen LogP) is 3.41. The maximum absolute atomic E-state index is 12.7. The van der Waals surface area contributed by atoms with E-state index in [2.05, 4.69) is 10.3 Å². The fourth-order valence-electron chi connectivity index (χ4n) is 2.95. The van der Waals surface area contributed by atoms with Crippen molar-refractivity contribution in [2.45, 2.75) is 32.9 Å². The lowest BCUT2D eigenvalue weighted by molar-refractivity contribution is -0.148. The third kappa shape index (κ3) is 4.11. The third-order valence-electron chi connectivity index (χ3n) is 4.50. The first-order valence-corrected chi connectivity index (χ1v) is 9.05. The molecule has 0 aliphatic carbocycles. The largest absolute Gasteiger partial charge is 0.453 e. The normalized spacial score (nSPS) is 13.0. The number of hydrogen-bond acceptors (Lipinski definition) is 4. The van der Waals surface area contributed by atoms with E-state index in [0.717, 1.165) is 16.5 Å². The van der Waals surface area contributed by atoms with Crippen LogP contribution in [0.4, 0.5) is 0 Å². The second-order valence-electron chi connectivity index (χ2n) is 6.76. The van der Waals surface area contributed by atoms with Crippen LogP contribution in [-0.2, 0) is 9.53 Å². The summed E-state index contributed by atoms with van der Waals surface area (Å²) in [5.74, 6) is -1.34. The van der Waals surface area contributed by atoms with E-state index in [-0.39, 0.29) is 11.7 Å². The van der Waals surface area contributed by atoms with Crippen LogP contribution in [0, 0.1) is 6.92 Å². The van der Waals surface area contributed by atoms with Crippen molar-refractivity contribution >= 4 is 28.6 Å². The molecule has 1 amide bonds. The summed E-state index contributed by atoms with van der Waals surface area (Å²) in [6.07, 6.45) is 0.644. The van der Waals surface area contributed by atoms with Crippen molar-refractivity contribution < 1.29 is 19.1 Å². The quantitative estimate of drug-likeness (QED) is 0.508. The lowest BCUT2D eigenvalue weighted by Crippen LogP contribution is -2.41. The number of H-pyrrole nitrogens is 1. The van der Waals surface area contributed by atoms with Crippen LogP contribution in [0.3, 0.4) is 0 Å². The van der Waals surface area contributed by atoms with Crippen molar-refractivity contribution in [2.75, 3.05) is 0 Å². The molecule has 0 saturated heterocycles. The second kappa shape index (κ2) is 8.08. The van der Waals surface area contributed by atoms with Gasteiger partial charge in [-0.1, -0.05) is 35.9 Å². The fraction of sp³-hybridized carbons (Fsp3) is 0.227. The van der Waals surface area contributed by atoms with Gasteiger partial charge in [-0.05, 0) is 39.0 Å². The zero-order valence-corrected chi connectivity index (χ0v) is 16.0. The first-order valence-electron chi connectivity index (χ1n) is 9.05. The molecule has 0 radical (unpaired) electrons. The molecule has 1 heterocycles. The van der Waals surface area contributed by atoms with Crippen molar-refractivity contribution in [1.29, 1.82) is 0 Å². The number of fused-ring (bicyclic) bond motifs is 1. The molecular formula is C22H22N2O4. The molecule has 2 N–H and O–H groups in total. The number of benzene rings is 2. The highest BCUT2D eigenvalue weighted by Crippen LogP contribution is 2.20. The van der Waals surface area contributed by atoms with Gasteiger partial charge in [-0.15, -0.1) is 0 Å². The summed E-state index contributed by atoms with van der Waals surface area (Å²) in [5.41, 5.74) is 2.71. The van der Waals surface area contributed by atoms with Gasteiger partial charge < -0.3 is 15.0 Å². The van der Waals surface area contributed by atoms with Gasteiger partial charge >= 0.3 is 5.97 Å². The monoisotopic (exact) mass is 378 g/mol. The van der Waals surface area contributed by atoms with E-state index >= 15 is 0 Å². The molecule has 3 rings (SSSR count). The topological polar surface area (TPSA) is 88.3 Å². The number of hydrogen-bond donors (Lipinski definition) is 2. The zero-order valence-electron chi connectivity index (χ0n) is 16.0. The number of carbonyl (C=O) groups is 3. The van der Waals surface area contributed by atoms with Gasteiger partial charge in [0.15, 0.2) is 6.10 Å². The number of carbonyl (C=O) groups excluding carboxylic acids is 3. The van der Waals surface area contributed by atoms with Crippen molar-refractivity contribution in [1.82, 2.24) is 10.3 Å². The number of ketones is 1. The van der Waals surface area contributed by atoms with Crippen LogP contribution in [0.5, 0.6) is 0 Å². The van der Waals surface area contributed by atoms with Gasteiger partial charge in [0, 0.05) is 28.2 Å². The Morgan fingerprint density at radius 3 is 2.54 bits per heavy atom.